The molecule has 2 aromatic carbocycles. The molecule has 0 spiro atoms. The van der Waals surface area contributed by atoms with Crippen molar-refractivity contribution in [1.82, 2.24) is 9.55 Å². The van der Waals surface area contributed by atoms with Crippen LogP contribution in [0.2, 0.25) is 0 Å². The van der Waals surface area contributed by atoms with Crippen LogP contribution in [-0.4, -0.2) is 35.5 Å². The molecule has 0 saturated carbocycles. The third-order valence-corrected chi connectivity index (χ3v) is 6.42. The van der Waals surface area contributed by atoms with E-state index in [1.807, 2.05) is 24.5 Å². The number of sulfone groups is 1. The van der Waals surface area contributed by atoms with Crippen molar-refractivity contribution >= 4 is 20.9 Å². The first kappa shape index (κ1) is 15.4. The van der Waals surface area contributed by atoms with E-state index in [-0.39, 0.29) is 6.04 Å². The van der Waals surface area contributed by atoms with E-state index in [1.165, 1.54) is 5.56 Å². The summed E-state index contributed by atoms with van der Waals surface area (Å²) in [5.41, 5.74) is 4.36. The van der Waals surface area contributed by atoms with Gasteiger partial charge in [-0.2, -0.15) is 0 Å². The summed E-state index contributed by atoms with van der Waals surface area (Å²) >= 11 is 0. The molecule has 1 fully saturated rings. The van der Waals surface area contributed by atoms with Crippen molar-refractivity contribution in [2.75, 3.05) is 11.5 Å². The molecule has 1 aromatic heterocycles. The van der Waals surface area contributed by atoms with Crippen molar-refractivity contribution in [2.24, 2.45) is 0 Å². The zero-order valence-corrected chi connectivity index (χ0v) is 14.1. The predicted octanol–water partition coefficient (Wildman–Crippen LogP) is 1.28. The van der Waals surface area contributed by atoms with Gasteiger partial charge >= 0.3 is 0 Å². The molecule has 2 heterocycles. The average Bonchev–Trinajstić information content (AvgIpc) is 3.16. The number of nitrogens with two attached hydrogens (primary N) is 1. The number of imidazole rings is 1. The number of quaternary nitrogens is 1. The standard InChI is InChI=1S/C18H19N3O2S/c22-24(23)10-9-15(12-24)19-11-14-5-7-16(8-6-14)21-13-20-17-3-1-2-4-18(17)21/h1-8,13,15,19H,9-12H2/p+1/t15-/m1/s1. The van der Waals surface area contributed by atoms with Crippen LogP contribution >= 0.6 is 0 Å². The lowest BCUT2D eigenvalue weighted by Crippen LogP contribution is -2.89. The van der Waals surface area contributed by atoms with Gasteiger partial charge < -0.3 is 5.32 Å². The number of benzene rings is 2. The lowest BCUT2D eigenvalue weighted by atomic mass is 10.2. The molecule has 5 nitrogen and oxygen atoms in total. The Bertz CT molecular complexity index is 961. The number of aromatic nitrogens is 2. The SMILES string of the molecule is O=S1(=O)CC[C@@H]([NH2+]Cc2ccc(-n3cnc4ccccc43)cc2)C1. The largest absolute Gasteiger partial charge is 0.339 e. The Hall–Kier alpha value is -2.18. The first-order valence-electron chi connectivity index (χ1n) is 8.16. The Morgan fingerprint density at radius 1 is 1.12 bits per heavy atom. The Morgan fingerprint density at radius 3 is 2.67 bits per heavy atom. The number of fused-ring (bicyclic) bond motifs is 1. The number of hydrogen-bond donors (Lipinski definition) is 1. The van der Waals surface area contributed by atoms with Crippen LogP contribution < -0.4 is 5.32 Å². The van der Waals surface area contributed by atoms with Crippen LogP contribution in [0.25, 0.3) is 16.7 Å². The smallest absolute Gasteiger partial charge is 0.156 e. The van der Waals surface area contributed by atoms with Crippen molar-refractivity contribution in [2.45, 2.75) is 19.0 Å². The Labute approximate surface area is 141 Å². The number of hydrogen-bond acceptors (Lipinski definition) is 3. The highest BCUT2D eigenvalue weighted by atomic mass is 32.2. The van der Waals surface area contributed by atoms with Gasteiger partial charge in [0.05, 0.1) is 16.8 Å². The first-order valence-corrected chi connectivity index (χ1v) is 9.98. The van der Waals surface area contributed by atoms with Crippen LogP contribution in [0.4, 0.5) is 0 Å². The predicted molar refractivity (Wildman–Crippen MR) is 93.8 cm³/mol. The number of rotatable bonds is 4. The van der Waals surface area contributed by atoms with Gasteiger partial charge in [-0.25, -0.2) is 13.4 Å². The van der Waals surface area contributed by atoms with Crippen LogP contribution in [-0.2, 0) is 16.4 Å². The van der Waals surface area contributed by atoms with Gasteiger partial charge in [-0.05, 0) is 24.3 Å². The first-order chi connectivity index (χ1) is 11.6. The maximum Gasteiger partial charge on any atom is 0.156 e. The van der Waals surface area contributed by atoms with Crippen molar-refractivity contribution in [1.29, 1.82) is 0 Å². The van der Waals surface area contributed by atoms with Crippen molar-refractivity contribution < 1.29 is 13.7 Å². The fraction of sp³-hybridized carbons (Fsp3) is 0.278. The summed E-state index contributed by atoms with van der Waals surface area (Å²) in [4.78, 5) is 4.42. The van der Waals surface area contributed by atoms with Gasteiger partial charge in [0.25, 0.3) is 0 Å². The average molecular weight is 342 g/mol. The van der Waals surface area contributed by atoms with Gasteiger partial charge in [0, 0.05) is 17.7 Å². The minimum absolute atomic E-state index is 0.201. The summed E-state index contributed by atoms with van der Waals surface area (Å²) in [5, 5.41) is 2.15. The van der Waals surface area contributed by atoms with Crippen molar-refractivity contribution in [3.8, 4) is 5.69 Å². The molecule has 0 bridgehead atoms. The molecule has 6 heteroatoms. The minimum atomic E-state index is -2.80. The van der Waals surface area contributed by atoms with E-state index in [1.54, 1.807) is 0 Å². The molecule has 3 aromatic rings. The molecule has 24 heavy (non-hydrogen) atoms. The monoisotopic (exact) mass is 342 g/mol. The van der Waals surface area contributed by atoms with Crippen LogP contribution in [0.15, 0.2) is 54.9 Å². The van der Waals surface area contributed by atoms with Gasteiger partial charge in [-0.3, -0.25) is 4.57 Å². The molecule has 2 N–H and O–H groups in total. The second kappa shape index (κ2) is 6.03. The zero-order valence-electron chi connectivity index (χ0n) is 13.3. The fourth-order valence-electron chi connectivity index (χ4n) is 3.27. The quantitative estimate of drug-likeness (QED) is 0.776. The molecule has 0 amide bonds. The third-order valence-electron chi connectivity index (χ3n) is 4.62. The Kier molecular flexibility index (Phi) is 3.86. The molecule has 124 valence electrons. The van der Waals surface area contributed by atoms with E-state index in [2.05, 4.69) is 45.2 Å². The minimum Gasteiger partial charge on any atom is -0.339 e. The van der Waals surface area contributed by atoms with Crippen molar-refractivity contribution in [3.05, 3.63) is 60.4 Å². The van der Waals surface area contributed by atoms with E-state index in [4.69, 9.17) is 0 Å². The summed E-state index contributed by atoms with van der Waals surface area (Å²) in [6.45, 7) is 0.811. The van der Waals surface area contributed by atoms with Gasteiger partial charge in [-0.15, -0.1) is 0 Å². The Morgan fingerprint density at radius 2 is 1.92 bits per heavy atom. The Balaban J connectivity index is 1.47. The molecular formula is C18H20N3O2S+. The lowest BCUT2D eigenvalue weighted by molar-refractivity contribution is -0.699. The fourth-order valence-corrected chi connectivity index (χ4v) is 5.05. The second-order valence-electron chi connectivity index (χ2n) is 6.37. The van der Waals surface area contributed by atoms with Crippen LogP contribution in [0.3, 0.4) is 0 Å². The topological polar surface area (TPSA) is 68.6 Å². The van der Waals surface area contributed by atoms with Crippen LogP contribution in [0, 0.1) is 0 Å². The number of nitrogens with zero attached hydrogens (tertiary/aromatic N) is 2. The van der Waals surface area contributed by atoms with Crippen LogP contribution in [0.5, 0.6) is 0 Å². The van der Waals surface area contributed by atoms with E-state index >= 15 is 0 Å². The molecule has 1 atom stereocenters. The van der Waals surface area contributed by atoms with E-state index in [9.17, 15) is 8.42 Å². The highest BCUT2D eigenvalue weighted by molar-refractivity contribution is 7.91. The normalized spacial score (nSPS) is 19.8. The summed E-state index contributed by atoms with van der Waals surface area (Å²) in [5.74, 6) is 0.646. The zero-order chi connectivity index (χ0) is 16.6. The van der Waals surface area contributed by atoms with Gasteiger partial charge in [0.2, 0.25) is 0 Å². The van der Waals surface area contributed by atoms with E-state index in [0.717, 1.165) is 29.7 Å². The highest BCUT2D eigenvalue weighted by Crippen LogP contribution is 2.18. The summed E-state index contributed by atoms with van der Waals surface area (Å²) in [7, 11) is -2.80. The van der Waals surface area contributed by atoms with Gasteiger partial charge in [-0.1, -0.05) is 24.3 Å². The van der Waals surface area contributed by atoms with Crippen LogP contribution in [0.1, 0.15) is 12.0 Å². The maximum absolute atomic E-state index is 11.5. The van der Waals surface area contributed by atoms with E-state index in [0.29, 0.717) is 11.5 Å². The summed E-state index contributed by atoms with van der Waals surface area (Å²) < 4.78 is 25.1. The number of para-hydroxylation sites is 2. The molecule has 0 aliphatic carbocycles. The molecule has 0 radical (unpaired) electrons. The maximum atomic E-state index is 11.5. The van der Waals surface area contributed by atoms with Crippen molar-refractivity contribution in [3.63, 3.8) is 0 Å². The highest BCUT2D eigenvalue weighted by Gasteiger charge is 2.30. The molecule has 1 saturated heterocycles. The molecular weight excluding hydrogens is 322 g/mol. The summed E-state index contributed by atoms with van der Waals surface area (Å²) in [6, 6.07) is 16.6. The molecule has 1 aliphatic rings. The molecule has 1 aliphatic heterocycles. The third kappa shape index (κ3) is 3.07. The molecule has 0 unspecified atom stereocenters. The van der Waals surface area contributed by atoms with E-state index < -0.39 is 9.84 Å². The summed E-state index contributed by atoms with van der Waals surface area (Å²) in [6.07, 6.45) is 2.61. The lowest BCUT2D eigenvalue weighted by Gasteiger charge is -2.09. The molecule has 4 rings (SSSR count). The van der Waals surface area contributed by atoms with Gasteiger partial charge in [0.15, 0.2) is 9.84 Å². The van der Waals surface area contributed by atoms with Gasteiger partial charge in [0.1, 0.15) is 24.7 Å². The second-order valence-corrected chi connectivity index (χ2v) is 8.60.